The molecule has 0 radical (unpaired) electrons. The van der Waals surface area contributed by atoms with Gasteiger partial charge < -0.3 is 15.2 Å². The maximum Gasteiger partial charge on any atom is 0.326 e. The number of piperidine rings is 2. The minimum Gasteiger partial charge on any atom is -0.317 e. The van der Waals surface area contributed by atoms with Crippen LogP contribution in [-0.4, -0.2) is 46.7 Å². The molecule has 0 spiro atoms. The van der Waals surface area contributed by atoms with Crippen LogP contribution in [0.25, 0.3) is 11.0 Å². The fourth-order valence-corrected chi connectivity index (χ4v) is 4.16. The van der Waals surface area contributed by atoms with Crippen LogP contribution >= 0.6 is 0 Å². The van der Waals surface area contributed by atoms with Gasteiger partial charge in [-0.25, -0.2) is 9.18 Å². The minimum atomic E-state index is -0.356. The molecule has 2 aliphatic rings. The van der Waals surface area contributed by atoms with Gasteiger partial charge in [-0.2, -0.15) is 0 Å². The van der Waals surface area contributed by atoms with Crippen molar-refractivity contribution in [3.05, 3.63) is 34.5 Å². The number of nitrogens with zero attached hydrogens (tertiary/aromatic N) is 2. The highest BCUT2D eigenvalue weighted by Crippen LogP contribution is 2.27. The van der Waals surface area contributed by atoms with E-state index in [9.17, 15) is 9.18 Å². The number of aromatic nitrogens is 2. The monoisotopic (exact) mass is 318 g/mol. The summed E-state index contributed by atoms with van der Waals surface area (Å²) in [6.45, 7) is 4.24. The summed E-state index contributed by atoms with van der Waals surface area (Å²) in [5.74, 6) is -0.356. The van der Waals surface area contributed by atoms with Crippen molar-refractivity contribution in [3.8, 4) is 0 Å². The lowest BCUT2D eigenvalue weighted by molar-refractivity contribution is 0.113. The summed E-state index contributed by atoms with van der Waals surface area (Å²) in [5, 5.41) is 3.41. The van der Waals surface area contributed by atoms with E-state index in [0.717, 1.165) is 39.0 Å². The molecule has 2 aromatic rings. The Balaban J connectivity index is 1.53. The zero-order valence-corrected chi connectivity index (χ0v) is 13.2. The average molecular weight is 318 g/mol. The molecule has 2 saturated heterocycles. The van der Waals surface area contributed by atoms with Gasteiger partial charge >= 0.3 is 5.69 Å². The Morgan fingerprint density at radius 1 is 1.04 bits per heavy atom. The van der Waals surface area contributed by atoms with Crippen molar-refractivity contribution < 1.29 is 4.39 Å². The molecule has 2 fully saturated rings. The number of imidazole rings is 1. The lowest BCUT2D eigenvalue weighted by Crippen LogP contribution is -2.47. The summed E-state index contributed by atoms with van der Waals surface area (Å²) in [4.78, 5) is 17.5. The van der Waals surface area contributed by atoms with Crippen LogP contribution in [0.3, 0.4) is 0 Å². The summed E-state index contributed by atoms with van der Waals surface area (Å²) < 4.78 is 15.6. The van der Waals surface area contributed by atoms with Crippen LogP contribution < -0.4 is 11.0 Å². The largest absolute Gasteiger partial charge is 0.326 e. The molecular formula is C17H23FN4O. The van der Waals surface area contributed by atoms with Gasteiger partial charge in [0.05, 0.1) is 5.52 Å². The third-order valence-corrected chi connectivity index (χ3v) is 5.39. The summed E-state index contributed by atoms with van der Waals surface area (Å²) >= 11 is 0. The Morgan fingerprint density at radius 3 is 2.52 bits per heavy atom. The van der Waals surface area contributed by atoms with Crippen LogP contribution in [0.4, 0.5) is 4.39 Å². The second-order valence-electron chi connectivity index (χ2n) is 6.68. The van der Waals surface area contributed by atoms with Crippen LogP contribution in [-0.2, 0) is 0 Å². The van der Waals surface area contributed by atoms with Gasteiger partial charge in [0.2, 0.25) is 0 Å². The number of nitrogens with one attached hydrogen (secondary N) is 2. The molecule has 5 nitrogen and oxygen atoms in total. The van der Waals surface area contributed by atoms with Crippen molar-refractivity contribution in [1.29, 1.82) is 0 Å². The smallest absolute Gasteiger partial charge is 0.317 e. The Kier molecular flexibility index (Phi) is 3.95. The Bertz CT molecular complexity index is 739. The molecule has 1 aromatic heterocycles. The molecule has 1 aromatic carbocycles. The van der Waals surface area contributed by atoms with Gasteiger partial charge in [0.1, 0.15) is 11.3 Å². The lowest BCUT2D eigenvalue weighted by Gasteiger charge is -2.39. The zero-order chi connectivity index (χ0) is 15.8. The second-order valence-corrected chi connectivity index (χ2v) is 6.68. The molecule has 2 aliphatic heterocycles. The Morgan fingerprint density at radius 2 is 1.78 bits per heavy atom. The van der Waals surface area contributed by atoms with E-state index in [0.29, 0.717) is 17.1 Å². The molecule has 3 heterocycles. The van der Waals surface area contributed by atoms with Gasteiger partial charge in [0.25, 0.3) is 0 Å². The Hall–Kier alpha value is -1.66. The molecule has 4 rings (SSSR count). The second kappa shape index (κ2) is 6.09. The molecule has 0 saturated carbocycles. The molecular weight excluding hydrogens is 295 g/mol. The number of benzene rings is 1. The van der Waals surface area contributed by atoms with Crippen molar-refractivity contribution in [2.75, 3.05) is 26.2 Å². The fourth-order valence-electron chi connectivity index (χ4n) is 4.16. The normalized spacial score (nSPS) is 22.0. The van der Waals surface area contributed by atoms with Crippen molar-refractivity contribution in [2.24, 2.45) is 0 Å². The predicted octanol–water partition coefficient (Wildman–Crippen LogP) is 1.86. The van der Waals surface area contributed by atoms with Gasteiger partial charge in [-0.15, -0.1) is 0 Å². The van der Waals surface area contributed by atoms with Crippen molar-refractivity contribution >= 4 is 11.0 Å². The fraction of sp³-hybridized carbons (Fsp3) is 0.588. The van der Waals surface area contributed by atoms with Crippen molar-refractivity contribution in [3.63, 3.8) is 0 Å². The number of H-pyrrole nitrogens is 1. The van der Waals surface area contributed by atoms with E-state index in [1.54, 1.807) is 10.6 Å². The van der Waals surface area contributed by atoms with E-state index in [-0.39, 0.29) is 17.5 Å². The van der Waals surface area contributed by atoms with Crippen LogP contribution in [0.1, 0.15) is 31.7 Å². The summed E-state index contributed by atoms with van der Waals surface area (Å²) in [7, 11) is 0. The van der Waals surface area contributed by atoms with E-state index in [1.165, 1.54) is 18.9 Å². The number of likely N-dealkylation sites (tertiary alicyclic amines) is 1. The Labute approximate surface area is 134 Å². The SMILES string of the molecule is O=c1[nH]c2c(F)cccc2n1C1CCN(C2CCNCC2)CC1. The average Bonchev–Trinajstić information content (AvgIpc) is 2.93. The lowest BCUT2D eigenvalue weighted by atomic mass is 9.98. The van der Waals surface area contributed by atoms with Crippen LogP contribution in [0.15, 0.2) is 23.0 Å². The van der Waals surface area contributed by atoms with Gasteiger partial charge in [-0.3, -0.25) is 4.57 Å². The highest BCUT2D eigenvalue weighted by molar-refractivity contribution is 5.75. The van der Waals surface area contributed by atoms with Crippen molar-refractivity contribution in [2.45, 2.75) is 37.8 Å². The standard InChI is InChI=1S/C17H23FN4O/c18-14-2-1-3-15-16(14)20-17(23)22(15)13-6-10-21(11-7-13)12-4-8-19-9-5-12/h1-3,12-13,19H,4-11H2,(H,20,23). The molecule has 124 valence electrons. The number of aromatic amines is 1. The topological polar surface area (TPSA) is 53.1 Å². The molecule has 0 aliphatic carbocycles. The first-order valence-corrected chi connectivity index (χ1v) is 8.57. The number of hydrogen-bond donors (Lipinski definition) is 2. The van der Waals surface area contributed by atoms with E-state index >= 15 is 0 Å². The molecule has 0 bridgehead atoms. The molecule has 0 amide bonds. The third kappa shape index (κ3) is 2.70. The number of fused-ring (bicyclic) bond motifs is 1. The van der Waals surface area contributed by atoms with Gasteiger partial charge in [0.15, 0.2) is 0 Å². The summed E-state index contributed by atoms with van der Waals surface area (Å²) in [6.07, 6.45) is 4.33. The highest BCUT2D eigenvalue weighted by Gasteiger charge is 2.28. The minimum absolute atomic E-state index is 0.163. The van der Waals surface area contributed by atoms with E-state index in [2.05, 4.69) is 15.2 Å². The molecule has 6 heteroatoms. The number of para-hydroxylation sites is 1. The van der Waals surface area contributed by atoms with Crippen LogP contribution in [0, 0.1) is 5.82 Å². The summed E-state index contributed by atoms with van der Waals surface area (Å²) in [5.41, 5.74) is 0.832. The quantitative estimate of drug-likeness (QED) is 0.889. The maximum absolute atomic E-state index is 13.9. The number of halogens is 1. The molecule has 0 unspecified atom stereocenters. The molecule has 0 atom stereocenters. The van der Waals surface area contributed by atoms with Gasteiger partial charge in [-0.05, 0) is 50.9 Å². The van der Waals surface area contributed by atoms with E-state index in [4.69, 9.17) is 0 Å². The molecule has 23 heavy (non-hydrogen) atoms. The number of rotatable bonds is 2. The summed E-state index contributed by atoms with van der Waals surface area (Å²) in [6, 6.07) is 5.73. The van der Waals surface area contributed by atoms with Crippen molar-refractivity contribution in [1.82, 2.24) is 19.8 Å². The van der Waals surface area contributed by atoms with Gasteiger partial charge in [-0.1, -0.05) is 6.07 Å². The number of hydrogen-bond acceptors (Lipinski definition) is 3. The third-order valence-electron chi connectivity index (χ3n) is 5.39. The van der Waals surface area contributed by atoms with E-state index < -0.39 is 0 Å². The molecule has 2 N–H and O–H groups in total. The zero-order valence-electron chi connectivity index (χ0n) is 13.2. The van der Waals surface area contributed by atoms with Crippen LogP contribution in [0.5, 0.6) is 0 Å². The first-order chi connectivity index (χ1) is 11.2. The predicted molar refractivity (Wildman–Crippen MR) is 88.3 cm³/mol. The first-order valence-electron chi connectivity index (χ1n) is 8.57. The van der Waals surface area contributed by atoms with Gasteiger partial charge in [0, 0.05) is 25.2 Å². The maximum atomic E-state index is 13.9. The van der Waals surface area contributed by atoms with Crippen LogP contribution in [0.2, 0.25) is 0 Å². The van der Waals surface area contributed by atoms with E-state index in [1.807, 2.05) is 6.07 Å². The first kappa shape index (κ1) is 14.9. The highest BCUT2D eigenvalue weighted by atomic mass is 19.1.